The molecule has 15 heavy (non-hydrogen) atoms. The maximum Gasteiger partial charge on any atom is 0.141 e. The van der Waals surface area contributed by atoms with Crippen molar-refractivity contribution >= 4 is 5.78 Å². The van der Waals surface area contributed by atoms with Crippen LogP contribution < -0.4 is 0 Å². The van der Waals surface area contributed by atoms with Crippen molar-refractivity contribution in [2.45, 2.75) is 12.3 Å². The summed E-state index contributed by atoms with van der Waals surface area (Å²) in [6, 6.07) is 10.1. The topological polar surface area (TPSA) is 26.3 Å². The van der Waals surface area contributed by atoms with E-state index in [1.54, 1.807) is 0 Å². The minimum atomic E-state index is 0.0960. The molecule has 2 aliphatic rings. The highest BCUT2D eigenvalue weighted by molar-refractivity contribution is 5.88. The summed E-state index contributed by atoms with van der Waals surface area (Å²) >= 11 is 0. The van der Waals surface area contributed by atoms with Crippen LogP contribution in [0.4, 0.5) is 0 Å². The zero-order valence-corrected chi connectivity index (χ0v) is 8.56. The van der Waals surface area contributed by atoms with E-state index in [1.807, 2.05) is 18.2 Å². The summed E-state index contributed by atoms with van der Waals surface area (Å²) in [6.45, 7) is 1.54. The van der Waals surface area contributed by atoms with Crippen LogP contribution in [0.5, 0.6) is 0 Å². The molecule has 1 heterocycles. The summed E-state index contributed by atoms with van der Waals surface area (Å²) in [5, 5.41) is 0. The Labute approximate surface area is 89.2 Å². The summed E-state index contributed by atoms with van der Waals surface area (Å²) in [7, 11) is 0. The Balaban J connectivity index is 1.95. The molecule has 3 unspecified atom stereocenters. The smallest absolute Gasteiger partial charge is 0.141 e. The molecule has 2 nitrogen and oxygen atoms in total. The summed E-state index contributed by atoms with van der Waals surface area (Å²) < 4.78 is 5.46. The van der Waals surface area contributed by atoms with Crippen molar-refractivity contribution in [3.05, 3.63) is 35.9 Å². The third-order valence-electron chi connectivity index (χ3n) is 3.64. The van der Waals surface area contributed by atoms with Gasteiger partial charge >= 0.3 is 0 Å². The summed E-state index contributed by atoms with van der Waals surface area (Å²) in [5.74, 6) is 1.40. The number of benzene rings is 1. The zero-order valence-electron chi connectivity index (χ0n) is 8.56. The first-order valence-corrected chi connectivity index (χ1v) is 5.51. The molecule has 2 heteroatoms. The average Bonchev–Trinajstić information content (AvgIpc) is 2.78. The SMILES string of the molecule is O=C1CC2COCC2C1c1ccccc1. The number of Topliss-reactive ketones (excluding diaryl/α,β-unsaturated/α-hetero) is 1. The number of hydrogen-bond acceptors (Lipinski definition) is 2. The van der Waals surface area contributed by atoms with Crippen LogP contribution in [0.3, 0.4) is 0 Å². The molecule has 1 saturated carbocycles. The Hall–Kier alpha value is -1.15. The van der Waals surface area contributed by atoms with Crippen molar-refractivity contribution < 1.29 is 9.53 Å². The van der Waals surface area contributed by atoms with E-state index in [0.717, 1.165) is 13.2 Å². The molecule has 0 N–H and O–H groups in total. The number of ether oxygens (including phenoxy) is 1. The third-order valence-corrected chi connectivity index (χ3v) is 3.64. The minimum absolute atomic E-state index is 0.0960. The predicted molar refractivity (Wildman–Crippen MR) is 56.6 cm³/mol. The van der Waals surface area contributed by atoms with Gasteiger partial charge in [-0.2, -0.15) is 0 Å². The molecular formula is C13H14O2. The van der Waals surface area contributed by atoms with Crippen LogP contribution in [-0.2, 0) is 9.53 Å². The Kier molecular flexibility index (Phi) is 2.10. The van der Waals surface area contributed by atoms with E-state index in [2.05, 4.69) is 12.1 Å². The number of carbonyl (C=O) groups excluding carboxylic acids is 1. The van der Waals surface area contributed by atoms with Gasteiger partial charge in [-0.1, -0.05) is 30.3 Å². The lowest BCUT2D eigenvalue weighted by Gasteiger charge is -2.15. The lowest BCUT2D eigenvalue weighted by molar-refractivity contribution is -0.119. The van der Waals surface area contributed by atoms with E-state index in [9.17, 15) is 4.79 Å². The molecule has 0 bridgehead atoms. The summed E-state index contributed by atoms with van der Waals surface area (Å²) in [4.78, 5) is 11.9. The van der Waals surface area contributed by atoms with E-state index >= 15 is 0 Å². The van der Waals surface area contributed by atoms with Gasteiger partial charge in [0, 0.05) is 18.3 Å². The highest BCUT2D eigenvalue weighted by atomic mass is 16.5. The van der Waals surface area contributed by atoms with Gasteiger partial charge in [0.05, 0.1) is 13.2 Å². The largest absolute Gasteiger partial charge is 0.381 e. The van der Waals surface area contributed by atoms with Crippen molar-refractivity contribution in [2.75, 3.05) is 13.2 Å². The van der Waals surface area contributed by atoms with E-state index < -0.39 is 0 Å². The zero-order chi connectivity index (χ0) is 10.3. The third kappa shape index (κ3) is 1.40. The molecule has 2 fully saturated rings. The standard InChI is InChI=1S/C13H14O2/c14-12-6-10-7-15-8-11(10)13(12)9-4-2-1-3-5-9/h1-5,10-11,13H,6-8H2. The van der Waals surface area contributed by atoms with Crippen molar-refractivity contribution in [1.29, 1.82) is 0 Å². The highest BCUT2D eigenvalue weighted by Crippen LogP contribution is 2.44. The van der Waals surface area contributed by atoms with Crippen LogP contribution in [0.1, 0.15) is 17.9 Å². The van der Waals surface area contributed by atoms with Gasteiger partial charge in [0.15, 0.2) is 0 Å². The van der Waals surface area contributed by atoms with Crippen molar-refractivity contribution in [3.8, 4) is 0 Å². The summed E-state index contributed by atoms with van der Waals surface area (Å²) in [5.41, 5.74) is 1.17. The molecule has 78 valence electrons. The van der Waals surface area contributed by atoms with Crippen LogP contribution in [0.15, 0.2) is 30.3 Å². The van der Waals surface area contributed by atoms with Crippen LogP contribution in [-0.4, -0.2) is 19.0 Å². The number of rotatable bonds is 1. The normalized spacial score (nSPS) is 34.4. The molecular weight excluding hydrogens is 188 g/mol. The number of ketones is 1. The van der Waals surface area contributed by atoms with Crippen molar-refractivity contribution in [2.24, 2.45) is 11.8 Å². The maximum absolute atomic E-state index is 11.9. The Morgan fingerprint density at radius 1 is 1.13 bits per heavy atom. The number of hydrogen-bond donors (Lipinski definition) is 0. The van der Waals surface area contributed by atoms with Gasteiger partial charge in [-0.3, -0.25) is 4.79 Å². The van der Waals surface area contributed by atoms with Crippen LogP contribution >= 0.6 is 0 Å². The second-order valence-electron chi connectivity index (χ2n) is 4.52. The lowest BCUT2D eigenvalue weighted by Crippen LogP contribution is -2.15. The van der Waals surface area contributed by atoms with Gasteiger partial charge in [0.2, 0.25) is 0 Å². The van der Waals surface area contributed by atoms with E-state index in [4.69, 9.17) is 4.74 Å². The van der Waals surface area contributed by atoms with E-state index in [0.29, 0.717) is 24.0 Å². The predicted octanol–water partition coefficient (Wildman–Crippen LogP) is 2.01. The molecule has 1 aliphatic heterocycles. The average molecular weight is 202 g/mol. The van der Waals surface area contributed by atoms with Crippen molar-refractivity contribution in [3.63, 3.8) is 0 Å². The molecule has 0 amide bonds. The molecule has 1 saturated heterocycles. The van der Waals surface area contributed by atoms with Gasteiger partial charge in [-0.05, 0) is 11.5 Å². The Bertz CT molecular complexity index is 371. The molecule has 3 atom stereocenters. The van der Waals surface area contributed by atoms with Crippen LogP contribution in [0.25, 0.3) is 0 Å². The molecule has 1 aromatic carbocycles. The quantitative estimate of drug-likeness (QED) is 0.696. The molecule has 1 aromatic rings. The first-order chi connectivity index (χ1) is 7.36. The molecule has 3 rings (SSSR count). The number of fused-ring (bicyclic) bond motifs is 1. The van der Waals surface area contributed by atoms with E-state index in [-0.39, 0.29) is 5.92 Å². The fourth-order valence-electron chi connectivity index (χ4n) is 2.91. The fraction of sp³-hybridized carbons (Fsp3) is 0.462. The maximum atomic E-state index is 11.9. The molecule has 0 spiro atoms. The lowest BCUT2D eigenvalue weighted by atomic mass is 9.87. The second-order valence-corrected chi connectivity index (χ2v) is 4.52. The van der Waals surface area contributed by atoms with Crippen LogP contribution in [0.2, 0.25) is 0 Å². The number of carbonyl (C=O) groups is 1. The van der Waals surface area contributed by atoms with E-state index in [1.165, 1.54) is 5.56 Å². The Morgan fingerprint density at radius 2 is 1.93 bits per heavy atom. The van der Waals surface area contributed by atoms with Gasteiger partial charge in [0.1, 0.15) is 5.78 Å². The fourth-order valence-corrected chi connectivity index (χ4v) is 2.91. The molecule has 0 radical (unpaired) electrons. The monoisotopic (exact) mass is 202 g/mol. The summed E-state index contributed by atoms with van der Waals surface area (Å²) in [6.07, 6.45) is 0.713. The first-order valence-electron chi connectivity index (χ1n) is 5.51. The highest BCUT2D eigenvalue weighted by Gasteiger charge is 2.46. The second kappa shape index (κ2) is 3.46. The van der Waals surface area contributed by atoms with Crippen molar-refractivity contribution in [1.82, 2.24) is 0 Å². The molecule has 0 aromatic heterocycles. The van der Waals surface area contributed by atoms with Gasteiger partial charge in [-0.25, -0.2) is 0 Å². The van der Waals surface area contributed by atoms with Gasteiger partial charge in [-0.15, -0.1) is 0 Å². The van der Waals surface area contributed by atoms with Gasteiger partial charge < -0.3 is 4.74 Å². The van der Waals surface area contributed by atoms with Gasteiger partial charge in [0.25, 0.3) is 0 Å². The Morgan fingerprint density at radius 3 is 2.73 bits per heavy atom. The molecule has 1 aliphatic carbocycles. The first kappa shape index (κ1) is 9.10. The van der Waals surface area contributed by atoms with Crippen LogP contribution in [0, 0.1) is 11.8 Å². The minimum Gasteiger partial charge on any atom is -0.381 e.